The number of hydrogen-bond acceptors (Lipinski definition) is 5. The fraction of sp³-hybridized carbons (Fsp3) is 0.160. The van der Waals surface area contributed by atoms with Crippen molar-refractivity contribution in [3.05, 3.63) is 87.8 Å². The highest BCUT2D eigenvalue weighted by Crippen LogP contribution is 2.31. The summed E-state index contributed by atoms with van der Waals surface area (Å²) >= 11 is 1.17. The van der Waals surface area contributed by atoms with E-state index in [9.17, 15) is 14.0 Å². The number of thioether (sulfide) groups is 1. The van der Waals surface area contributed by atoms with Gasteiger partial charge in [-0.05, 0) is 86.6 Å². The van der Waals surface area contributed by atoms with Crippen molar-refractivity contribution in [3.63, 3.8) is 0 Å². The minimum Gasteiger partial charge on any atom is -0.462 e. The monoisotopic (exact) mass is 463 g/mol. The average molecular weight is 464 g/mol. The maximum atomic E-state index is 13.9. The third kappa shape index (κ3) is 4.75. The number of carbonyl (C=O) groups is 2. The van der Waals surface area contributed by atoms with Crippen LogP contribution in [0.5, 0.6) is 0 Å². The number of amidine groups is 1. The van der Waals surface area contributed by atoms with E-state index in [1.165, 1.54) is 17.8 Å². The van der Waals surface area contributed by atoms with Crippen LogP contribution in [0.25, 0.3) is 11.8 Å². The van der Waals surface area contributed by atoms with Gasteiger partial charge in [0.25, 0.3) is 5.91 Å². The van der Waals surface area contributed by atoms with E-state index in [1.807, 2.05) is 36.6 Å². The Morgan fingerprint density at radius 3 is 2.61 bits per heavy atom. The molecule has 8 heteroatoms. The Labute approximate surface area is 195 Å². The van der Waals surface area contributed by atoms with Crippen molar-refractivity contribution in [2.75, 3.05) is 6.61 Å². The van der Waals surface area contributed by atoms with Crippen LogP contribution in [-0.4, -0.2) is 28.2 Å². The Bertz CT molecular complexity index is 1290. The number of halogens is 1. The van der Waals surface area contributed by atoms with Crippen molar-refractivity contribution in [2.24, 2.45) is 4.99 Å². The SMILES string of the molecule is CCOC(=O)c1ccc(-n2c(C)cc(/C=C3\SC(=Nc4ccccc4F)NC3=O)c2C)cc1. The van der Waals surface area contributed by atoms with Crippen molar-refractivity contribution in [2.45, 2.75) is 20.8 Å². The maximum absolute atomic E-state index is 13.9. The Morgan fingerprint density at radius 2 is 1.91 bits per heavy atom. The number of esters is 1. The molecule has 4 rings (SSSR count). The highest BCUT2D eigenvalue weighted by atomic mass is 32.2. The van der Waals surface area contributed by atoms with E-state index >= 15 is 0 Å². The van der Waals surface area contributed by atoms with E-state index in [1.54, 1.807) is 43.3 Å². The predicted octanol–water partition coefficient (Wildman–Crippen LogP) is 5.30. The molecule has 0 radical (unpaired) electrons. The molecule has 1 aliphatic heterocycles. The molecule has 1 saturated heterocycles. The summed E-state index contributed by atoms with van der Waals surface area (Å²) < 4.78 is 21.0. The van der Waals surface area contributed by atoms with Gasteiger partial charge >= 0.3 is 5.97 Å². The molecule has 0 aliphatic carbocycles. The maximum Gasteiger partial charge on any atom is 0.338 e. The van der Waals surface area contributed by atoms with Crippen LogP contribution in [0.2, 0.25) is 0 Å². The molecule has 0 saturated carbocycles. The molecule has 3 aromatic rings. The number of para-hydroxylation sites is 1. The number of benzene rings is 2. The topological polar surface area (TPSA) is 72.7 Å². The molecule has 1 N–H and O–H groups in total. The molecule has 0 atom stereocenters. The first-order valence-corrected chi connectivity index (χ1v) is 11.2. The van der Waals surface area contributed by atoms with Crippen LogP contribution in [0.3, 0.4) is 0 Å². The second-order valence-corrected chi connectivity index (χ2v) is 8.39. The fourth-order valence-corrected chi connectivity index (χ4v) is 4.39. The first-order chi connectivity index (χ1) is 15.9. The van der Waals surface area contributed by atoms with Crippen molar-refractivity contribution in [3.8, 4) is 5.69 Å². The number of nitrogens with one attached hydrogen (secondary N) is 1. The van der Waals surface area contributed by atoms with Gasteiger partial charge < -0.3 is 14.6 Å². The van der Waals surface area contributed by atoms with Crippen LogP contribution in [-0.2, 0) is 9.53 Å². The molecule has 1 aliphatic rings. The predicted molar refractivity (Wildman–Crippen MR) is 128 cm³/mol. The Kier molecular flexibility index (Phi) is 6.46. The highest BCUT2D eigenvalue weighted by Gasteiger charge is 2.25. The lowest BCUT2D eigenvalue weighted by Crippen LogP contribution is -2.19. The molecule has 0 unspecified atom stereocenters. The van der Waals surface area contributed by atoms with Gasteiger partial charge in [0.2, 0.25) is 0 Å². The molecule has 2 aromatic carbocycles. The van der Waals surface area contributed by atoms with Crippen molar-refractivity contribution >= 4 is 40.6 Å². The molecule has 2 heterocycles. The van der Waals surface area contributed by atoms with Gasteiger partial charge in [0.05, 0.1) is 17.1 Å². The van der Waals surface area contributed by atoms with Gasteiger partial charge in [0, 0.05) is 17.1 Å². The Hall–Kier alpha value is -3.65. The van der Waals surface area contributed by atoms with E-state index in [0.29, 0.717) is 22.2 Å². The fourth-order valence-electron chi connectivity index (χ4n) is 3.57. The number of amides is 1. The minimum atomic E-state index is -0.449. The number of aromatic nitrogens is 1. The third-order valence-electron chi connectivity index (χ3n) is 5.12. The summed E-state index contributed by atoms with van der Waals surface area (Å²) in [7, 11) is 0. The Morgan fingerprint density at radius 1 is 1.18 bits per heavy atom. The van der Waals surface area contributed by atoms with Crippen LogP contribution in [0.4, 0.5) is 10.1 Å². The van der Waals surface area contributed by atoms with Gasteiger partial charge in [-0.2, -0.15) is 0 Å². The second kappa shape index (κ2) is 9.46. The van der Waals surface area contributed by atoms with E-state index in [2.05, 4.69) is 10.3 Å². The van der Waals surface area contributed by atoms with Crippen LogP contribution >= 0.6 is 11.8 Å². The molecule has 6 nitrogen and oxygen atoms in total. The lowest BCUT2D eigenvalue weighted by Gasteiger charge is -2.10. The zero-order chi connectivity index (χ0) is 23.5. The van der Waals surface area contributed by atoms with Crippen LogP contribution in [0.1, 0.15) is 34.2 Å². The van der Waals surface area contributed by atoms with E-state index in [0.717, 1.165) is 22.6 Å². The smallest absolute Gasteiger partial charge is 0.338 e. The third-order valence-corrected chi connectivity index (χ3v) is 6.03. The molecule has 0 bridgehead atoms. The van der Waals surface area contributed by atoms with E-state index < -0.39 is 5.82 Å². The van der Waals surface area contributed by atoms with Gasteiger partial charge in [0.15, 0.2) is 5.17 Å². The molecule has 168 valence electrons. The molecular weight excluding hydrogens is 441 g/mol. The van der Waals surface area contributed by atoms with E-state index in [4.69, 9.17) is 4.74 Å². The minimum absolute atomic E-state index is 0.172. The Balaban J connectivity index is 1.60. The summed E-state index contributed by atoms with van der Waals surface area (Å²) in [5.74, 6) is -1.08. The second-order valence-electron chi connectivity index (χ2n) is 7.36. The van der Waals surface area contributed by atoms with Gasteiger partial charge in [0.1, 0.15) is 11.5 Å². The number of carbonyl (C=O) groups excluding carboxylic acids is 2. The quantitative estimate of drug-likeness (QED) is 0.412. The van der Waals surface area contributed by atoms with Crippen molar-refractivity contribution in [1.82, 2.24) is 9.88 Å². The molecular formula is C25H22FN3O3S. The lowest BCUT2D eigenvalue weighted by molar-refractivity contribution is -0.115. The number of nitrogens with zero attached hydrogens (tertiary/aromatic N) is 2. The van der Waals surface area contributed by atoms with Gasteiger partial charge in [-0.3, -0.25) is 4.79 Å². The van der Waals surface area contributed by atoms with Gasteiger partial charge in [-0.15, -0.1) is 0 Å². The first kappa shape index (κ1) is 22.5. The van der Waals surface area contributed by atoms with Crippen LogP contribution < -0.4 is 5.32 Å². The normalized spacial score (nSPS) is 15.8. The molecule has 0 spiro atoms. The largest absolute Gasteiger partial charge is 0.462 e. The lowest BCUT2D eigenvalue weighted by atomic mass is 10.2. The molecule has 1 aromatic heterocycles. The summed E-state index contributed by atoms with van der Waals surface area (Å²) in [6.45, 7) is 6.03. The number of aryl methyl sites for hydroxylation is 1. The highest BCUT2D eigenvalue weighted by molar-refractivity contribution is 8.18. The summed E-state index contributed by atoms with van der Waals surface area (Å²) in [5.41, 5.74) is 4.36. The van der Waals surface area contributed by atoms with Crippen LogP contribution in [0.15, 0.2) is 64.5 Å². The van der Waals surface area contributed by atoms with Crippen molar-refractivity contribution in [1.29, 1.82) is 0 Å². The number of rotatable bonds is 5. The first-order valence-electron chi connectivity index (χ1n) is 10.4. The van der Waals surface area contributed by atoms with Crippen molar-refractivity contribution < 1.29 is 18.7 Å². The zero-order valence-corrected chi connectivity index (χ0v) is 19.2. The van der Waals surface area contributed by atoms with Crippen LogP contribution in [0, 0.1) is 19.7 Å². The molecule has 1 fully saturated rings. The average Bonchev–Trinajstić information content (AvgIpc) is 3.28. The number of ether oxygens (including phenoxy) is 1. The number of hydrogen-bond donors (Lipinski definition) is 1. The molecule has 1 amide bonds. The standard InChI is InChI=1S/C25H22FN3O3S/c1-4-32-24(31)17-9-11-19(12-10-17)29-15(2)13-18(16(29)3)14-22-23(30)28-25(33-22)27-21-8-6-5-7-20(21)26/h5-14H,4H2,1-3H3,(H,27,28,30)/b22-14-. The summed E-state index contributed by atoms with van der Waals surface area (Å²) in [6.07, 6.45) is 1.80. The number of aliphatic imine (C=N–C) groups is 1. The zero-order valence-electron chi connectivity index (χ0n) is 18.4. The summed E-state index contributed by atoms with van der Waals surface area (Å²) in [4.78, 5) is 29.1. The summed E-state index contributed by atoms with van der Waals surface area (Å²) in [5, 5.41) is 3.02. The van der Waals surface area contributed by atoms with E-state index in [-0.39, 0.29) is 17.6 Å². The molecule has 33 heavy (non-hydrogen) atoms. The summed E-state index contributed by atoms with van der Waals surface area (Å²) in [6, 6.07) is 15.3. The van der Waals surface area contributed by atoms with Gasteiger partial charge in [-0.1, -0.05) is 12.1 Å². The van der Waals surface area contributed by atoms with Gasteiger partial charge in [-0.25, -0.2) is 14.2 Å².